The average Bonchev–Trinajstić information content (AvgIpc) is 2.89. The molecule has 0 radical (unpaired) electrons. The molecule has 0 spiro atoms. The van der Waals surface area contributed by atoms with E-state index in [0.717, 1.165) is 29.5 Å². The maximum atomic E-state index is 11.2. The Bertz CT molecular complexity index is 571. The largest absolute Gasteiger partial charge is 0.468 e. The second-order valence-electron chi connectivity index (χ2n) is 4.06. The molecule has 0 saturated heterocycles. The highest BCUT2D eigenvalue weighted by molar-refractivity contribution is 7.99. The number of nitrogens with zero attached hydrogens (tertiary/aromatic N) is 4. The molecule has 2 rings (SSSR count). The standard InChI is InChI=1S/C13H16N4O2S/c1-3-8-17-12(10-4-6-14-7-5-10)15-16-13(17)20-9-11(18)19-2/h4-7H,3,8-9H2,1-2H3. The minimum absolute atomic E-state index is 0.231. The lowest BCUT2D eigenvalue weighted by Crippen LogP contribution is -2.06. The van der Waals surface area contributed by atoms with E-state index in [0.29, 0.717) is 0 Å². The van der Waals surface area contributed by atoms with Crippen LogP contribution in [-0.4, -0.2) is 38.6 Å². The van der Waals surface area contributed by atoms with Crippen molar-refractivity contribution in [2.24, 2.45) is 0 Å². The van der Waals surface area contributed by atoms with Crippen LogP contribution in [0.4, 0.5) is 0 Å². The predicted molar refractivity (Wildman–Crippen MR) is 76.3 cm³/mol. The zero-order valence-corrected chi connectivity index (χ0v) is 12.3. The first kappa shape index (κ1) is 14.5. The molecule has 0 unspecified atom stereocenters. The summed E-state index contributed by atoms with van der Waals surface area (Å²) in [7, 11) is 1.38. The molecule has 20 heavy (non-hydrogen) atoms. The fourth-order valence-corrected chi connectivity index (χ4v) is 2.51. The molecule has 2 heterocycles. The van der Waals surface area contributed by atoms with Crippen LogP contribution in [0.5, 0.6) is 0 Å². The molecule has 106 valence electrons. The Kier molecular flexibility index (Phi) is 5.11. The number of methoxy groups -OCH3 is 1. The summed E-state index contributed by atoms with van der Waals surface area (Å²) in [6.07, 6.45) is 4.41. The van der Waals surface area contributed by atoms with Crippen LogP contribution in [0, 0.1) is 0 Å². The van der Waals surface area contributed by atoms with Gasteiger partial charge < -0.3 is 9.30 Å². The van der Waals surface area contributed by atoms with Crippen molar-refractivity contribution in [1.29, 1.82) is 0 Å². The number of esters is 1. The first-order valence-corrected chi connectivity index (χ1v) is 7.28. The lowest BCUT2D eigenvalue weighted by Gasteiger charge is -2.08. The molecule has 0 N–H and O–H groups in total. The summed E-state index contributed by atoms with van der Waals surface area (Å²) in [5.41, 5.74) is 0.964. The summed E-state index contributed by atoms with van der Waals surface area (Å²) in [5.74, 6) is 0.752. The van der Waals surface area contributed by atoms with E-state index in [4.69, 9.17) is 0 Å². The van der Waals surface area contributed by atoms with E-state index in [1.54, 1.807) is 12.4 Å². The molecule has 0 aliphatic carbocycles. The van der Waals surface area contributed by atoms with Crippen molar-refractivity contribution in [3.8, 4) is 11.4 Å². The van der Waals surface area contributed by atoms with E-state index in [9.17, 15) is 4.79 Å². The average molecular weight is 292 g/mol. The Balaban J connectivity index is 2.25. The monoisotopic (exact) mass is 292 g/mol. The van der Waals surface area contributed by atoms with Crippen LogP contribution in [0.2, 0.25) is 0 Å². The third-order valence-corrected chi connectivity index (χ3v) is 3.59. The third kappa shape index (κ3) is 3.36. The molecule has 0 aliphatic heterocycles. The first-order chi connectivity index (χ1) is 9.76. The fourth-order valence-electron chi connectivity index (χ4n) is 1.72. The molecular formula is C13H16N4O2S. The van der Waals surface area contributed by atoms with Crippen molar-refractivity contribution in [3.63, 3.8) is 0 Å². The SMILES string of the molecule is CCCn1c(SCC(=O)OC)nnc1-c1ccncc1. The van der Waals surface area contributed by atoms with Crippen molar-refractivity contribution in [2.75, 3.05) is 12.9 Å². The maximum absolute atomic E-state index is 11.2. The highest BCUT2D eigenvalue weighted by Crippen LogP contribution is 2.23. The van der Waals surface area contributed by atoms with Crippen molar-refractivity contribution in [1.82, 2.24) is 19.7 Å². The smallest absolute Gasteiger partial charge is 0.316 e. The van der Waals surface area contributed by atoms with Crippen molar-refractivity contribution >= 4 is 17.7 Å². The van der Waals surface area contributed by atoms with E-state index in [-0.39, 0.29) is 11.7 Å². The third-order valence-electron chi connectivity index (χ3n) is 2.65. The number of hydrogen-bond donors (Lipinski definition) is 0. The zero-order valence-electron chi connectivity index (χ0n) is 11.4. The van der Waals surface area contributed by atoms with Gasteiger partial charge in [-0.3, -0.25) is 9.78 Å². The van der Waals surface area contributed by atoms with Gasteiger partial charge in [-0.15, -0.1) is 10.2 Å². The van der Waals surface area contributed by atoms with Crippen LogP contribution in [-0.2, 0) is 16.1 Å². The fraction of sp³-hybridized carbons (Fsp3) is 0.385. The van der Waals surface area contributed by atoms with Gasteiger partial charge in [0.15, 0.2) is 11.0 Å². The first-order valence-electron chi connectivity index (χ1n) is 6.29. The number of aromatic nitrogens is 4. The normalized spacial score (nSPS) is 10.5. The summed E-state index contributed by atoms with van der Waals surface area (Å²) in [6.45, 7) is 2.89. The summed E-state index contributed by atoms with van der Waals surface area (Å²) in [5, 5.41) is 9.11. The van der Waals surface area contributed by atoms with Gasteiger partial charge in [0, 0.05) is 24.5 Å². The van der Waals surface area contributed by atoms with Crippen LogP contribution < -0.4 is 0 Å². The number of carbonyl (C=O) groups excluding carboxylic acids is 1. The van der Waals surface area contributed by atoms with Crippen molar-refractivity contribution in [2.45, 2.75) is 25.0 Å². The van der Waals surface area contributed by atoms with Gasteiger partial charge in [-0.1, -0.05) is 18.7 Å². The molecule has 0 fully saturated rings. The van der Waals surface area contributed by atoms with E-state index in [2.05, 4.69) is 26.8 Å². The topological polar surface area (TPSA) is 69.9 Å². The van der Waals surface area contributed by atoms with E-state index in [1.807, 2.05) is 16.7 Å². The molecular weight excluding hydrogens is 276 g/mol. The van der Waals surface area contributed by atoms with Gasteiger partial charge in [-0.05, 0) is 18.6 Å². The van der Waals surface area contributed by atoms with Gasteiger partial charge >= 0.3 is 5.97 Å². The lowest BCUT2D eigenvalue weighted by molar-refractivity contribution is -0.137. The second kappa shape index (κ2) is 7.04. The van der Waals surface area contributed by atoms with Gasteiger partial charge in [-0.2, -0.15) is 0 Å². The lowest BCUT2D eigenvalue weighted by atomic mass is 10.2. The highest BCUT2D eigenvalue weighted by atomic mass is 32.2. The van der Waals surface area contributed by atoms with Crippen LogP contribution in [0.1, 0.15) is 13.3 Å². The minimum atomic E-state index is -0.272. The van der Waals surface area contributed by atoms with Crippen LogP contribution in [0.3, 0.4) is 0 Å². The van der Waals surface area contributed by atoms with E-state index >= 15 is 0 Å². The van der Waals surface area contributed by atoms with Gasteiger partial charge in [0.1, 0.15) is 0 Å². The van der Waals surface area contributed by atoms with Gasteiger partial charge in [0.05, 0.1) is 12.9 Å². The van der Waals surface area contributed by atoms with E-state index in [1.165, 1.54) is 18.9 Å². The second-order valence-corrected chi connectivity index (χ2v) is 5.00. The summed E-state index contributed by atoms with van der Waals surface area (Å²) in [6, 6.07) is 3.79. The maximum Gasteiger partial charge on any atom is 0.316 e. The zero-order chi connectivity index (χ0) is 14.4. The molecule has 2 aromatic rings. The van der Waals surface area contributed by atoms with Crippen LogP contribution >= 0.6 is 11.8 Å². The molecule has 0 bridgehead atoms. The number of carbonyl (C=O) groups is 1. The molecule has 6 nitrogen and oxygen atoms in total. The Morgan fingerprint density at radius 1 is 1.35 bits per heavy atom. The Hall–Kier alpha value is -1.89. The van der Waals surface area contributed by atoms with Crippen molar-refractivity contribution in [3.05, 3.63) is 24.5 Å². The molecule has 7 heteroatoms. The van der Waals surface area contributed by atoms with Crippen molar-refractivity contribution < 1.29 is 9.53 Å². The Morgan fingerprint density at radius 3 is 2.75 bits per heavy atom. The van der Waals surface area contributed by atoms with E-state index < -0.39 is 0 Å². The number of rotatable bonds is 6. The highest BCUT2D eigenvalue weighted by Gasteiger charge is 2.15. The molecule has 0 atom stereocenters. The number of pyridine rings is 1. The summed E-state index contributed by atoms with van der Waals surface area (Å²) >= 11 is 1.33. The van der Waals surface area contributed by atoms with Gasteiger partial charge in [0.25, 0.3) is 0 Å². The molecule has 0 saturated carbocycles. The Morgan fingerprint density at radius 2 is 2.10 bits per heavy atom. The number of thioether (sulfide) groups is 1. The molecule has 0 aromatic carbocycles. The molecule has 0 amide bonds. The molecule has 0 aliphatic rings. The quantitative estimate of drug-likeness (QED) is 0.599. The van der Waals surface area contributed by atoms with Gasteiger partial charge in [0.2, 0.25) is 0 Å². The Labute approximate surface area is 121 Å². The number of hydrogen-bond acceptors (Lipinski definition) is 6. The summed E-state index contributed by atoms with van der Waals surface area (Å²) < 4.78 is 6.65. The van der Waals surface area contributed by atoms with Crippen LogP contribution in [0.25, 0.3) is 11.4 Å². The minimum Gasteiger partial charge on any atom is -0.468 e. The summed E-state index contributed by atoms with van der Waals surface area (Å²) in [4.78, 5) is 15.2. The van der Waals surface area contributed by atoms with Crippen LogP contribution in [0.15, 0.2) is 29.7 Å². The molecule has 2 aromatic heterocycles. The predicted octanol–water partition coefficient (Wildman–Crippen LogP) is 2.02. The number of ether oxygens (including phenoxy) is 1. The van der Waals surface area contributed by atoms with Gasteiger partial charge in [-0.25, -0.2) is 0 Å².